The van der Waals surface area contributed by atoms with Gasteiger partial charge in [0.25, 0.3) is 0 Å². The first-order valence-corrected chi connectivity index (χ1v) is 9.57. The Bertz CT molecular complexity index is 768. The van der Waals surface area contributed by atoms with E-state index in [1.54, 1.807) is 0 Å². The number of piperidine rings is 1. The van der Waals surface area contributed by atoms with Crippen molar-refractivity contribution in [3.63, 3.8) is 0 Å². The lowest BCUT2D eigenvalue weighted by molar-refractivity contribution is 0.00892. The Kier molecular flexibility index (Phi) is 4.20. The first kappa shape index (κ1) is 17.9. The summed E-state index contributed by atoms with van der Waals surface area (Å²) in [5.74, 6) is 0.837. The monoisotopic (exact) mass is 373 g/mol. The molecule has 0 aliphatic carbocycles. The molecule has 1 aromatic rings. The van der Waals surface area contributed by atoms with Crippen LogP contribution in [0.1, 0.15) is 50.3 Å². The molecule has 3 amide bonds. The topological polar surface area (TPSA) is 79.9 Å². The molecule has 3 heterocycles. The van der Waals surface area contributed by atoms with Crippen molar-refractivity contribution in [1.29, 1.82) is 0 Å². The van der Waals surface area contributed by atoms with Crippen molar-refractivity contribution in [2.75, 3.05) is 19.6 Å². The number of likely N-dealkylation sites (tertiary alicyclic amines) is 1. The molecule has 3 aliphatic heterocycles. The van der Waals surface area contributed by atoms with Crippen molar-refractivity contribution in [1.82, 2.24) is 15.5 Å². The molecule has 7 heteroatoms. The van der Waals surface area contributed by atoms with Crippen molar-refractivity contribution in [2.45, 2.75) is 57.3 Å². The van der Waals surface area contributed by atoms with Crippen molar-refractivity contribution in [2.24, 2.45) is 0 Å². The third kappa shape index (κ3) is 3.55. The van der Waals surface area contributed by atoms with Gasteiger partial charge in [-0.1, -0.05) is 17.7 Å². The maximum absolute atomic E-state index is 12.9. The Morgan fingerprint density at radius 2 is 2.00 bits per heavy atom. The minimum atomic E-state index is -0.446. The van der Waals surface area contributed by atoms with E-state index < -0.39 is 5.60 Å². The number of carbonyl (C=O) groups excluding carboxylic acids is 2. The summed E-state index contributed by atoms with van der Waals surface area (Å²) in [5.41, 5.74) is 1.39. The molecule has 1 aromatic carbocycles. The molecule has 27 heavy (non-hydrogen) atoms. The first-order chi connectivity index (χ1) is 12.8. The molecular weight excluding hydrogens is 346 g/mol. The van der Waals surface area contributed by atoms with E-state index in [2.05, 4.69) is 16.7 Å². The number of urea groups is 1. The van der Waals surface area contributed by atoms with Crippen LogP contribution in [0.3, 0.4) is 0 Å². The summed E-state index contributed by atoms with van der Waals surface area (Å²) in [7, 11) is 0. The van der Waals surface area contributed by atoms with E-state index in [0.29, 0.717) is 38.9 Å². The first-order valence-electron chi connectivity index (χ1n) is 9.57. The van der Waals surface area contributed by atoms with Gasteiger partial charge in [-0.3, -0.25) is 0 Å². The molecular formula is C20H27N3O4. The predicted octanol–water partition coefficient (Wildman–Crippen LogP) is 2.88. The van der Waals surface area contributed by atoms with Gasteiger partial charge in [0.15, 0.2) is 0 Å². The van der Waals surface area contributed by atoms with E-state index >= 15 is 0 Å². The van der Waals surface area contributed by atoms with Gasteiger partial charge in [0.2, 0.25) is 0 Å². The molecule has 1 atom stereocenters. The number of ether oxygens (including phenoxy) is 2. The largest absolute Gasteiger partial charge is 0.487 e. The number of fused-ring (bicyclic) bond motifs is 1. The van der Waals surface area contributed by atoms with Gasteiger partial charge in [-0.2, -0.15) is 0 Å². The highest BCUT2D eigenvalue weighted by Crippen LogP contribution is 2.40. The lowest BCUT2D eigenvalue weighted by Crippen LogP contribution is -2.52. The summed E-state index contributed by atoms with van der Waals surface area (Å²) in [6, 6.07) is 5.94. The van der Waals surface area contributed by atoms with Gasteiger partial charge >= 0.3 is 12.1 Å². The number of hydrogen-bond donors (Lipinski definition) is 2. The van der Waals surface area contributed by atoms with Gasteiger partial charge in [0.1, 0.15) is 17.0 Å². The molecule has 2 N–H and O–H groups in total. The van der Waals surface area contributed by atoms with Crippen molar-refractivity contribution in [3.8, 4) is 5.75 Å². The maximum Gasteiger partial charge on any atom is 0.407 e. The number of aryl methyl sites for hydroxylation is 1. The average Bonchev–Trinajstić information content (AvgIpc) is 2.96. The van der Waals surface area contributed by atoms with Gasteiger partial charge in [0.05, 0.1) is 12.6 Å². The van der Waals surface area contributed by atoms with Gasteiger partial charge in [-0.25, -0.2) is 9.59 Å². The van der Waals surface area contributed by atoms with Crippen LogP contribution >= 0.6 is 0 Å². The summed E-state index contributed by atoms with van der Waals surface area (Å²) >= 11 is 0. The van der Waals surface area contributed by atoms with Crippen molar-refractivity contribution >= 4 is 12.1 Å². The Morgan fingerprint density at radius 3 is 2.67 bits per heavy atom. The Hall–Kier alpha value is -2.44. The van der Waals surface area contributed by atoms with E-state index in [9.17, 15) is 9.59 Å². The van der Waals surface area contributed by atoms with Crippen LogP contribution in [0.4, 0.5) is 9.59 Å². The summed E-state index contributed by atoms with van der Waals surface area (Å²) in [5, 5.41) is 5.92. The van der Waals surface area contributed by atoms with Gasteiger partial charge in [0, 0.05) is 37.9 Å². The third-order valence-electron chi connectivity index (χ3n) is 5.75. The number of benzene rings is 1. The molecule has 0 aromatic heterocycles. The molecule has 0 radical (unpaired) electrons. The van der Waals surface area contributed by atoms with Crippen LogP contribution in [0.25, 0.3) is 0 Å². The standard InChI is InChI=1S/C20H27N3O4/c1-13-4-5-16-14(10-13)15(11-19(2,3)26-16)22-17(24)23-8-6-20(7-9-23)12-21-18(25)27-20/h4-5,10,15H,6-9,11-12H2,1-3H3,(H,21,25)(H,22,24)/t15-/m0/s1. The van der Waals surface area contributed by atoms with Crippen LogP contribution in [0, 0.1) is 6.92 Å². The van der Waals surface area contributed by atoms with E-state index in [0.717, 1.165) is 16.9 Å². The quantitative estimate of drug-likeness (QED) is 0.793. The molecule has 146 valence electrons. The highest BCUT2D eigenvalue weighted by atomic mass is 16.6. The Balaban J connectivity index is 1.44. The molecule has 4 rings (SSSR count). The number of amides is 3. The normalized spacial score (nSPS) is 25.2. The smallest absolute Gasteiger partial charge is 0.407 e. The summed E-state index contributed by atoms with van der Waals surface area (Å²) in [6.07, 6.45) is 1.68. The van der Waals surface area contributed by atoms with Gasteiger partial charge in [-0.05, 0) is 26.8 Å². The third-order valence-corrected chi connectivity index (χ3v) is 5.75. The molecule has 0 saturated carbocycles. The van der Waals surface area contributed by atoms with Crippen molar-refractivity contribution < 1.29 is 19.1 Å². The second-order valence-electron chi connectivity index (χ2n) is 8.52. The zero-order valence-corrected chi connectivity index (χ0v) is 16.1. The van der Waals surface area contributed by atoms with E-state index in [-0.39, 0.29) is 23.8 Å². The van der Waals surface area contributed by atoms with E-state index in [1.165, 1.54) is 0 Å². The molecule has 2 saturated heterocycles. The molecule has 7 nitrogen and oxygen atoms in total. The number of carbonyl (C=O) groups is 2. The minimum Gasteiger partial charge on any atom is -0.487 e. The van der Waals surface area contributed by atoms with Crippen LogP contribution in [0.2, 0.25) is 0 Å². The summed E-state index contributed by atoms with van der Waals surface area (Å²) in [4.78, 5) is 26.1. The fourth-order valence-corrected chi connectivity index (χ4v) is 4.24. The number of nitrogens with one attached hydrogen (secondary N) is 2. The Morgan fingerprint density at radius 1 is 1.26 bits per heavy atom. The van der Waals surface area contributed by atoms with Gasteiger partial charge < -0.3 is 25.0 Å². The van der Waals surface area contributed by atoms with Crippen molar-refractivity contribution in [3.05, 3.63) is 29.3 Å². The number of nitrogens with zero attached hydrogens (tertiary/aromatic N) is 1. The highest BCUT2D eigenvalue weighted by Gasteiger charge is 2.44. The van der Waals surface area contributed by atoms with E-state index in [4.69, 9.17) is 9.47 Å². The predicted molar refractivity (Wildman–Crippen MR) is 99.8 cm³/mol. The number of alkyl carbamates (subject to hydrolysis) is 1. The summed E-state index contributed by atoms with van der Waals surface area (Å²) < 4.78 is 11.5. The second-order valence-corrected chi connectivity index (χ2v) is 8.52. The second kappa shape index (κ2) is 6.32. The summed E-state index contributed by atoms with van der Waals surface area (Å²) in [6.45, 7) is 7.81. The fourth-order valence-electron chi connectivity index (χ4n) is 4.24. The SMILES string of the molecule is Cc1ccc2c(c1)[C@@H](NC(=O)N1CCC3(CC1)CNC(=O)O3)CC(C)(C)O2. The van der Waals surface area contributed by atoms with Crippen LogP contribution in [-0.2, 0) is 4.74 Å². The van der Waals surface area contributed by atoms with Crippen LogP contribution in [0.15, 0.2) is 18.2 Å². The lowest BCUT2D eigenvalue weighted by atomic mass is 9.89. The molecule has 0 bridgehead atoms. The molecule has 3 aliphatic rings. The maximum atomic E-state index is 12.9. The molecule has 2 fully saturated rings. The molecule has 0 unspecified atom stereocenters. The van der Waals surface area contributed by atoms with Gasteiger partial charge in [-0.15, -0.1) is 0 Å². The van der Waals surface area contributed by atoms with Crippen LogP contribution in [-0.4, -0.2) is 47.9 Å². The zero-order valence-electron chi connectivity index (χ0n) is 16.1. The highest BCUT2D eigenvalue weighted by molar-refractivity contribution is 5.75. The molecule has 1 spiro atoms. The Labute approximate surface area is 159 Å². The lowest BCUT2D eigenvalue weighted by Gasteiger charge is -2.40. The number of hydrogen-bond acceptors (Lipinski definition) is 4. The van der Waals surface area contributed by atoms with Crippen LogP contribution in [0.5, 0.6) is 5.75 Å². The number of rotatable bonds is 1. The van der Waals surface area contributed by atoms with Crippen LogP contribution < -0.4 is 15.4 Å². The van der Waals surface area contributed by atoms with E-state index in [1.807, 2.05) is 37.8 Å². The average molecular weight is 373 g/mol. The minimum absolute atomic E-state index is 0.0720. The fraction of sp³-hybridized carbons (Fsp3) is 0.600. The zero-order chi connectivity index (χ0) is 19.2.